The number of rotatable bonds is 5. The van der Waals surface area contributed by atoms with Crippen molar-refractivity contribution < 1.29 is 4.79 Å². The van der Waals surface area contributed by atoms with Crippen molar-refractivity contribution in [3.63, 3.8) is 0 Å². The first-order valence-corrected chi connectivity index (χ1v) is 5.49. The average Bonchev–Trinajstić information content (AvgIpc) is 2.56. The molecule has 3 N–H and O–H groups in total. The molecule has 1 heterocycles. The Morgan fingerprint density at radius 2 is 2.38 bits per heavy atom. The third kappa shape index (κ3) is 3.31. The lowest BCUT2D eigenvalue weighted by atomic mass is 10.3. The molecule has 0 aromatic carbocycles. The molecule has 5 heteroatoms. The third-order valence-corrected chi connectivity index (χ3v) is 2.19. The SMILES string of the molecule is C=C(Cl)CNC(=O)c1cc(N)cn1CCC. The molecule has 4 nitrogen and oxygen atoms in total. The van der Waals surface area contributed by atoms with Gasteiger partial charge < -0.3 is 15.6 Å². The van der Waals surface area contributed by atoms with Gasteiger partial charge in [0.1, 0.15) is 5.69 Å². The smallest absolute Gasteiger partial charge is 0.268 e. The van der Waals surface area contributed by atoms with Gasteiger partial charge in [0.05, 0.1) is 12.2 Å². The van der Waals surface area contributed by atoms with Crippen molar-refractivity contribution >= 4 is 23.2 Å². The van der Waals surface area contributed by atoms with Crippen LogP contribution in [0.3, 0.4) is 0 Å². The van der Waals surface area contributed by atoms with Gasteiger partial charge >= 0.3 is 0 Å². The molecule has 0 fully saturated rings. The van der Waals surface area contributed by atoms with Crippen LogP contribution in [0.25, 0.3) is 0 Å². The molecular formula is C11H16ClN3O. The van der Waals surface area contributed by atoms with Crippen LogP contribution in [0.2, 0.25) is 0 Å². The first-order valence-electron chi connectivity index (χ1n) is 5.11. The van der Waals surface area contributed by atoms with Gasteiger partial charge in [0.2, 0.25) is 0 Å². The number of carbonyl (C=O) groups is 1. The van der Waals surface area contributed by atoms with Gasteiger partial charge in [-0.1, -0.05) is 25.1 Å². The Bertz CT molecular complexity index is 398. The highest BCUT2D eigenvalue weighted by Gasteiger charge is 2.11. The lowest BCUT2D eigenvalue weighted by Gasteiger charge is -2.07. The summed E-state index contributed by atoms with van der Waals surface area (Å²) >= 11 is 5.57. The topological polar surface area (TPSA) is 60.1 Å². The van der Waals surface area contributed by atoms with Crippen molar-refractivity contribution in [2.45, 2.75) is 19.9 Å². The molecule has 1 amide bonds. The number of nitrogens with zero attached hydrogens (tertiary/aromatic N) is 1. The fourth-order valence-corrected chi connectivity index (χ4v) is 1.48. The molecule has 88 valence electrons. The Hall–Kier alpha value is -1.42. The largest absolute Gasteiger partial charge is 0.397 e. The number of aromatic nitrogens is 1. The molecule has 0 spiro atoms. The van der Waals surface area contributed by atoms with Gasteiger partial charge in [0.25, 0.3) is 5.91 Å². The Kier molecular flexibility index (Phi) is 4.43. The van der Waals surface area contributed by atoms with Crippen LogP contribution < -0.4 is 11.1 Å². The van der Waals surface area contributed by atoms with E-state index in [1.165, 1.54) is 0 Å². The summed E-state index contributed by atoms with van der Waals surface area (Å²) < 4.78 is 1.83. The van der Waals surface area contributed by atoms with Gasteiger partial charge in [-0.25, -0.2) is 0 Å². The molecule has 16 heavy (non-hydrogen) atoms. The van der Waals surface area contributed by atoms with Gasteiger partial charge in [-0.2, -0.15) is 0 Å². The number of nitrogens with one attached hydrogen (secondary N) is 1. The number of halogens is 1. The highest BCUT2D eigenvalue weighted by Crippen LogP contribution is 2.11. The highest BCUT2D eigenvalue weighted by atomic mass is 35.5. The van der Waals surface area contributed by atoms with Crippen molar-refractivity contribution in [3.8, 4) is 0 Å². The summed E-state index contributed by atoms with van der Waals surface area (Å²) in [5, 5.41) is 3.06. The molecule has 0 saturated carbocycles. The molecule has 0 radical (unpaired) electrons. The summed E-state index contributed by atoms with van der Waals surface area (Å²) in [6.07, 6.45) is 2.70. The number of nitrogens with two attached hydrogens (primary N) is 1. The summed E-state index contributed by atoms with van der Waals surface area (Å²) in [4.78, 5) is 11.8. The molecule has 0 unspecified atom stereocenters. The molecule has 1 rings (SSSR count). The molecule has 0 saturated heterocycles. The molecule has 0 aliphatic rings. The van der Waals surface area contributed by atoms with E-state index in [0.717, 1.165) is 13.0 Å². The molecule has 1 aromatic rings. The summed E-state index contributed by atoms with van der Waals surface area (Å²) in [7, 11) is 0. The second-order valence-corrected chi connectivity index (χ2v) is 4.09. The Balaban J connectivity index is 2.77. The second kappa shape index (κ2) is 5.61. The van der Waals surface area contributed by atoms with Crippen molar-refractivity contribution in [2.24, 2.45) is 0 Å². The third-order valence-electron chi connectivity index (χ3n) is 2.06. The predicted octanol–water partition coefficient (Wildman–Crippen LogP) is 1.96. The first kappa shape index (κ1) is 12.6. The molecular weight excluding hydrogens is 226 g/mol. The van der Waals surface area contributed by atoms with Crippen molar-refractivity contribution in [2.75, 3.05) is 12.3 Å². The van der Waals surface area contributed by atoms with E-state index >= 15 is 0 Å². The van der Waals surface area contributed by atoms with Crippen LogP contribution in [0.5, 0.6) is 0 Å². The second-order valence-electron chi connectivity index (χ2n) is 3.55. The van der Waals surface area contributed by atoms with Gasteiger partial charge in [-0.3, -0.25) is 4.79 Å². The molecule has 0 bridgehead atoms. The monoisotopic (exact) mass is 241 g/mol. The van der Waals surface area contributed by atoms with Gasteiger partial charge in [0.15, 0.2) is 0 Å². The number of hydrogen-bond acceptors (Lipinski definition) is 2. The number of anilines is 1. The lowest BCUT2D eigenvalue weighted by Crippen LogP contribution is -2.26. The standard InChI is InChI=1S/C11H16ClN3O/c1-3-4-15-7-9(13)5-10(15)11(16)14-6-8(2)12/h5,7H,2-4,6,13H2,1H3,(H,14,16). The quantitative estimate of drug-likeness (QED) is 0.828. The number of carbonyl (C=O) groups excluding carboxylic acids is 1. The number of amides is 1. The number of nitrogen functional groups attached to an aromatic ring is 1. The molecule has 0 atom stereocenters. The van der Waals surface area contributed by atoms with Crippen LogP contribution in [0.15, 0.2) is 23.9 Å². The Labute approximate surface area is 100 Å². The zero-order valence-electron chi connectivity index (χ0n) is 9.29. The summed E-state index contributed by atoms with van der Waals surface area (Å²) in [5.41, 5.74) is 6.80. The van der Waals surface area contributed by atoms with Crippen LogP contribution in [0.4, 0.5) is 5.69 Å². The van der Waals surface area contributed by atoms with E-state index in [0.29, 0.717) is 16.4 Å². The van der Waals surface area contributed by atoms with Gasteiger partial charge in [0, 0.05) is 17.8 Å². The average molecular weight is 242 g/mol. The summed E-state index contributed by atoms with van der Waals surface area (Å²) in [6.45, 7) is 6.57. The van der Waals surface area contributed by atoms with Crippen molar-refractivity contribution in [3.05, 3.63) is 29.6 Å². The van der Waals surface area contributed by atoms with Crippen LogP contribution in [-0.4, -0.2) is 17.0 Å². The summed E-state index contributed by atoms with van der Waals surface area (Å²) in [6, 6.07) is 1.65. The minimum atomic E-state index is -0.188. The van der Waals surface area contributed by atoms with E-state index in [2.05, 4.69) is 11.9 Å². The predicted molar refractivity (Wildman–Crippen MR) is 66.5 cm³/mol. The maximum atomic E-state index is 11.8. The fourth-order valence-electron chi connectivity index (χ4n) is 1.42. The fraction of sp³-hybridized carbons (Fsp3) is 0.364. The van der Waals surface area contributed by atoms with Crippen molar-refractivity contribution in [1.29, 1.82) is 0 Å². The van der Waals surface area contributed by atoms with E-state index in [1.807, 2.05) is 11.5 Å². The van der Waals surface area contributed by atoms with Crippen molar-refractivity contribution in [1.82, 2.24) is 9.88 Å². The van der Waals surface area contributed by atoms with Gasteiger partial charge in [-0.15, -0.1) is 0 Å². The van der Waals surface area contributed by atoms with Crippen LogP contribution in [0, 0.1) is 0 Å². The van der Waals surface area contributed by atoms with E-state index in [-0.39, 0.29) is 12.5 Å². The van der Waals surface area contributed by atoms with Crippen LogP contribution in [0.1, 0.15) is 23.8 Å². The van der Waals surface area contributed by atoms with Crippen LogP contribution >= 0.6 is 11.6 Å². The van der Waals surface area contributed by atoms with E-state index < -0.39 is 0 Å². The number of aryl methyl sites for hydroxylation is 1. The molecule has 0 aliphatic heterocycles. The Morgan fingerprint density at radius 1 is 1.69 bits per heavy atom. The van der Waals surface area contributed by atoms with E-state index in [9.17, 15) is 4.79 Å². The highest BCUT2D eigenvalue weighted by molar-refractivity contribution is 6.29. The Morgan fingerprint density at radius 3 is 2.94 bits per heavy atom. The normalized spacial score (nSPS) is 10.1. The minimum absolute atomic E-state index is 0.188. The maximum Gasteiger partial charge on any atom is 0.268 e. The van der Waals surface area contributed by atoms with E-state index in [4.69, 9.17) is 17.3 Å². The van der Waals surface area contributed by atoms with Gasteiger partial charge in [-0.05, 0) is 12.5 Å². The number of hydrogen-bond donors (Lipinski definition) is 2. The van der Waals surface area contributed by atoms with E-state index in [1.54, 1.807) is 12.3 Å². The summed E-state index contributed by atoms with van der Waals surface area (Å²) in [5.74, 6) is -0.188. The zero-order valence-corrected chi connectivity index (χ0v) is 10.0. The van der Waals surface area contributed by atoms with Crippen LogP contribution in [-0.2, 0) is 6.54 Å². The zero-order chi connectivity index (χ0) is 12.1. The first-order chi connectivity index (χ1) is 7.54. The molecule has 1 aromatic heterocycles. The minimum Gasteiger partial charge on any atom is -0.397 e. The molecule has 0 aliphatic carbocycles. The lowest BCUT2D eigenvalue weighted by molar-refractivity contribution is 0.0948. The maximum absolute atomic E-state index is 11.8.